The van der Waals surface area contributed by atoms with Crippen LogP contribution < -0.4 is 5.73 Å². The molecule has 3 rings (SSSR count). The number of benzene rings is 1. The van der Waals surface area contributed by atoms with Gasteiger partial charge in [-0.15, -0.1) is 0 Å². The number of hydrogen-bond acceptors (Lipinski definition) is 3. The smallest absolute Gasteiger partial charge is 0.140 e. The first-order valence-electron chi connectivity index (χ1n) is 7.19. The van der Waals surface area contributed by atoms with Crippen LogP contribution in [0.4, 0.5) is 10.2 Å². The molecule has 1 aliphatic rings. The molecule has 5 heteroatoms. The summed E-state index contributed by atoms with van der Waals surface area (Å²) in [5.74, 6) is 1.48. The van der Waals surface area contributed by atoms with Crippen LogP contribution in [0.25, 0.3) is 0 Å². The summed E-state index contributed by atoms with van der Waals surface area (Å²) in [5, 5.41) is 0. The maximum atomic E-state index is 13.3. The molecule has 0 aliphatic heterocycles. The molecule has 0 radical (unpaired) electrons. The van der Waals surface area contributed by atoms with Gasteiger partial charge in [0.1, 0.15) is 17.5 Å². The van der Waals surface area contributed by atoms with E-state index >= 15 is 0 Å². The molecule has 0 amide bonds. The number of nitrogen functional groups attached to an aromatic ring is 1. The van der Waals surface area contributed by atoms with E-state index in [2.05, 4.69) is 27.6 Å². The van der Waals surface area contributed by atoms with E-state index < -0.39 is 0 Å². The Bertz CT molecular complexity index is 654. The third kappa shape index (κ3) is 3.33. The SMILES string of the molecule is Nc1nc(Cc2cccc(F)c2)nc(C2CCCC2)c1I. The lowest BCUT2D eigenvalue weighted by Crippen LogP contribution is -2.10. The van der Waals surface area contributed by atoms with E-state index in [1.165, 1.54) is 37.8 Å². The third-order valence-corrected chi connectivity index (χ3v) is 5.05. The van der Waals surface area contributed by atoms with Crippen LogP contribution >= 0.6 is 22.6 Å². The highest BCUT2D eigenvalue weighted by Gasteiger charge is 2.23. The van der Waals surface area contributed by atoms with Gasteiger partial charge in [0, 0.05) is 12.3 Å². The molecular formula is C16H17FIN3. The van der Waals surface area contributed by atoms with Gasteiger partial charge in [-0.1, -0.05) is 25.0 Å². The van der Waals surface area contributed by atoms with Gasteiger partial charge in [0.15, 0.2) is 0 Å². The van der Waals surface area contributed by atoms with Crippen molar-refractivity contribution in [2.45, 2.75) is 38.0 Å². The van der Waals surface area contributed by atoms with Gasteiger partial charge in [-0.25, -0.2) is 14.4 Å². The molecule has 1 heterocycles. The van der Waals surface area contributed by atoms with Crippen LogP contribution in [0.3, 0.4) is 0 Å². The molecule has 1 aliphatic carbocycles. The predicted octanol–water partition coefficient (Wildman–Crippen LogP) is 4.05. The Labute approximate surface area is 137 Å². The molecule has 3 nitrogen and oxygen atoms in total. The van der Waals surface area contributed by atoms with Gasteiger partial charge in [0.05, 0.1) is 9.26 Å². The zero-order chi connectivity index (χ0) is 14.8. The van der Waals surface area contributed by atoms with Crippen molar-refractivity contribution in [1.82, 2.24) is 9.97 Å². The van der Waals surface area contributed by atoms with Crippen LogP contribution in [0.1, 0.15) is 48.7 Å². The fourth-order valence-corrected chi connectivity index (χ4v) is 3.59. The number of halogens is 2. The van der Waals surface area contributed by atoms with E-state index in [0.29, 0.717) is 24.0 Å². The van der Waals surface area contributed by atoms with Crippen molar-refractivity contribution in [3.8, 4) is 0 Å². The summed E-state index contributed by atoms with van der Waals surface area (Å²) in [6, 6.07) is 6.55. The van der Waals surface area contributed by atoms with Crippen molar-refractivity contribution in [2.24, 2.45) is 0 Å². The molecule has 1 fully saturated rings. The summed E-state index contributed by atoms with van der Waals surface area (Å²) in [7, 11) is 0. The number of rotatable bonds is 3. The molecular weight excluding hydrogens is 380 g/mol. The van der Waals surface area contributed by atoms with Crippen molar-refractivity contribution in [3.05, 3.63) is 50.7 Å². The number of aromatic nitrogens is 2. The normalized spacial score (nSPS) is 15.5. The Morgan fingerprint density at radius 1 is 1.24 bits per heavy atom. The summed E-state index contributed by atoms with van der Waals surface area (Å²) in [6.45, 7) is 0. The molecule has 1 aromatic carbocycles. The summed E-state index contributed by atoms with van der Waals surface area (Å²) >= 11 is 2.24. The Hall–Kier alpha value is -1.24. The quantitative estimate of drug-likeness (QED) is 0.796. The van der Waals surface area contributed by atoms with Gasteiger partial charge in [0.25, 0.3) is 0 Å². The molecule has 0 bridgehead atoms. The first-order valence-corrected chi connectivity index (χ1v) is 8.27. The highest BCUT2D eigenvalue weighted by atomic mass is 127. The minimum absolute atomic E-state index is 0.234. The first kappa shape index (κ1) is 14.7. The Morgan fingerprint density at radius 2 is 2.00 bits per heavy atom. The standard InChI is InChI=1S/C16H17FIN3/c17-12-7-3-4-10(8-12)9-13-20-15(11-5-1-2-6-11)14(18)16(19)21-13/h3-4,7-8,11H,1-2,5-6,9H2,(H2,19,20,21). The van der Waals surface area contributed by atoms with Crippen molar-refractivity contribution in [3.63, 3.8) is 0 Å². The molecule has 0 atom stereocenters. The molecule has 2 N–H and O–H groups in total. The maximum Gasteiger partial charge on any atom is 0.140 e. The van der Waals surface area contributed by atoms with Crippen LogP contribution in [-0.2, 0) is 6.42 Å². The lowest BCUT2D eigenvalue weighted by molar-refractivity contribution is 0.625. The van der Waals surface area contributed by atoms with E-state index in [-0.39, 0.29) is 5.82 Å². The number of nitrogens with two attached hydrogens (primary N) is 1. The van der Waals surface area contributed by atoms with Crippen molar-refractivity contribution < 1.29 is 4.39 Å². The zero-order valence-corrected chi connectivity index (χ0v) is 13.8. The van der Waals surface area contributed by atoms with Crippen molar-refractivity contribution in [1.29, 1.82) is 0 Å². The third-order valence-electron chi connectivity index (χ3n) is 3.94. The lowest BCUT2D eigenvalue weighted by atomic mass is 10.0. The second-order valence-corrected chi connectivity index (χ2v) is 6.59. The van der Waals surface area contributed by atoms with E-state index in [0.717, 1.165) is 14.8 Å². The summed E-state index contributed by atoms with van der Waals surface area (Å²) in [6.07, 6.45) is 5.37. The predicted molar refractivity (Wildman–Crippen MR) is 89.6 cm³/mol. The van der Waals surface area contributed by atoms with Crippen LogP contribution in [0.2, 0.25) is 0 Å². The molecule has 21 heavy (non-hydrogen) atoms. The highest BCUT2D eigenvalue weighted by Crippen LogP contribution is 2.36. The average Bonchev–Trinajstić information content (AvgIpc) is 2.96. The molecule has 1 saturated carbocycles. The zero-order valence-electron chi connectivity index (χ0n) is 11.6. The van der Waals surface area contributed by atoms with Crippen LogP contribution in [0.15, 0.2) is 24.3 Å². The Morgan fingerprint density at radius 3 is 2.71 bits per heavy atom. The van der Waals surface area contributed by atoms with E-state index in [9.17, 15) is 4.39 Å². The van der Waals surface area contributed by atoms with E-state index in [1.54, 1.807) is 6.07 Å². The molecule has 0 saturated heterocycles. The average molecular weight is 397 g/mol. The topological polar surface area (TPSA) is 51.8 Å². The summed E-state index contributed by atoms with van der Waals surface area (Å²) < 4.78 is 14.2. The molecule has 1 aromatic heterocycles. The van der Waals surface area contributed by atoms with Gasteiger partial charge >= 0.3 is 0 Å². The molecule has 110 valence electrons. The second kappa shape index (κ2) is 6.25. The number of anilines is 1. The first-order chi connectivity index (χ1) is 10.1. The van der Waals surface area contributed by atoms with Gasteiger partial charge in [-0.05, 0) is 53.1 Å². The Kier molecular flexibility index (Phi) is 4.37. The number of nitrogens with zero attached hydrogens (tertiary/aromatic N) is 2. The minimum atomic E-state index is -0.234. The minimum Gasteiger partial charge on any atom is -0.383 e. The van der Waals surface area contributed by atoms with Crippen molar-refractivity contribution in [2.75, 3.05) is 5.73 Å². The van der Waals surface area contributed by atoms with Crippen LogP contribution in [0.5, 0.6) is 0 Å². The summed E-state index contributed by atoms with van der Waals surface area (Å²) in [4.78, 5) is 9.09. The molecule has 0 spiro atoms. The number of hydrogen-bond donors (Lipinski definition) is 1. The Balaban J connectivity index is 1.92. The summed E-state index contributed by atoms with van der Waals surface area (Å²) in [5.41, 5.74) is 7.98. The van der Waals surface area contributed by atoms with Gasteiger partial charge in [-0.3, -0.25) is 0 Å². The fraction of sp³-hybridized carbons (Fsp3) is 0.375. The van der Waals surface area contributed by atoms with Crippen molar-refractivity contribution >= 4 is 28.4 Å². The van der Waals surface area contributed by atoms with Crippen LogP contribution in [-0.4, -0.2) is 9.97 Å². The maximum absolute atomic E-state index is 13.3. The highest BCUT2D eigenvalue weighted by molar-refractivity contribution is 14.1. The molecule has 0 unspecified atom stereocenters. The monoisotopic (exact) mass is 397 g/mol. The van der Waals surface area contributed by atoms with Gasteiger partial charge in [-0.2, -0.15) is 0 Å². The lowest BCUT2D eigenvalue weighted by Gasteiger charge is -2.14. The largest absolute Gasteiger partial charge is 0.383 e. The van der Waals surface area contributed by atoms with Gasteiger partial charge in [0.2, 0.25) is 0 Å². The molecule has 2 aromatic rings. The van der Waals surface area contributed by atoms with E-state index in [4.69, 9.17) is 10.7 Å². The van der Waals surface area contributed by atoms with E-state index in [1.807, 2.05) is 6.07 Å². The van der Waals surface area contributed by atoms with Gasteiger partial charge < -0.3 is 5.73 Å². The fourth-order valence-electron chi connectivity index (χ4n) is 2.91. The van der Waals surface area contributed by atoms with Crippen LogP contribution in [0, 0.1) is 9.39 Å². The second-order valence-electron chi connectivity index (χ2n) is 5.51.